The molecule has 0 aromatic rings. The fraction of sp³-hybridized carbons (Fsp3) is 1.00. The summed E-state index contributed by atoms with van der Waals surface area (Å²) in [5.41, 5.74) is -0.385. The van der Waals surface area contributed by atoms with Gasteiger partial charge in [-0.15, -0.1) is 0 Å². The normalized spacial score (nSPS) is 47.7. The van der Waals surface area contributed by atoms with Gasteiger partial charge in [0.15, 0.2) is 0 Å². The molecule has 64 valence electrons. The van der Waals surface area contributed by atoms with Crippen molar-refractivity contribution in [2.45, 2.75) is 44.1 Å². The SMILES string of the molecule is OC1CCC12CCC(F)(F)C2. The van der Waals surface area contributed by atoms with E-state index in [-0.39, 0.29) is 18.3 Å². The molecule has 3 heteroatoms. The fourth-order valence-corrected chi connectivity index (χ4v) is 2.30. The first-order valence-corrected chi connectivity index (χ1v) is 4.10. The standard InChI is InChI=1S/C8H12F2O/c9-8(10)4-3-7(5-8)2-1-6(7)11/h6,11H,1-5H2. The second kappa shape index (κ2) is 1.94. The Bertz CT molecular complexity index is 181. The van der Waals surface area contributed by atoms with Gasteiger partial charge in [0.25, 0.3) is 0 Å². The molecule has 0 bridgehead atoms. The molecule has 2 saturated carbocycles. The number of hydrogen-bond acceptors (Lipinski definition) is 1. The molecule has 2 fully saturated rings. The summed E-state index contributed by atoms with van der Waals surface area (Å²) in [5.74, 6) is -2.50. The average molecular weight is 162 g/mol. The molecule has 0 saturated heterocycles. The molecule has 0 heterocycles. The Morgan fingerprint density at radius 1 is 1.18 bits per heavy atom. The predicted octanol–water partition coefficient (Wildman–Crippen LogP) is 1.95. The molecule has 0 aromatic heterocycles. The van der Waals surface area contributed by atoms with Gasteiger partial charge in [0.05, 0.1) is 6.10 Å². The number of aliphatic hydroxyl groups is 1. The molecule has 1 N–H and O–H groups in total. The van der Waals surface area contributed by atoms with Gasteiger partial charge in [0, 0.05) is 18.3 Å². The molecule has 1 spiro atoms. The quantitative estimate of drug-likeness (QED) is 0.577. The second-order valence-electron chi connectivity index (χ2n) is 3.95. The molecule has 1 nitrogen and oxygen atoms in total. The summed E-state index contributed by atoms with van der Waals surface area (Å²) < 4.78 is 25.4. The minimum atomic E-state index is -2.50. The maximum Gasteiger partial charge on any atom is 0.248 e. The van der Waals surface area contributed by atoms with Crippen LogP contribution in [0.5, 0.6) is 0 Å². The van der Waals surface area contributed by atoms with E-state index in [1.807, 2.05) is 0 Å². The van der Waals surface area contributed by atoms with Crippen molar-refractivity contribution in [2.24, 2.45) is 5.41 Å². The molecular weight excluding hydrogens is 150 g/mol. The Balaban J connectivity index is 2.09. The van der Waals surface area contributed by atoms with E-state index in [4.69, 9.17) is 0 Å². The zero-order chi connectivity index (χ0) is 8.11. The van der Waals surface area contributed by atoms with Crippen LogP contribution >= 0.6 is 0 Å². The topological polar surface area (TPSA) is 20.2 Å². The van der Waals surface area contributed by atoms with Crippen LogP contribution in [-0.4, -0.2) is 17.1 Å². The molecule has 0 radical (unpaired) electrons. The van der Waals surface area contributed by atoms with Crippen molar-refractivity contribution in [3.05, 3.63) is 0 Å². The Kier molecular flexibility index (Phi) is 1.32. The molecule has 2 aliphatic rings. The van der Waals surface area contributed by atoms with E-state index < -0.39 is 12.0 Å². The lowest BCUT2D eigenvalue weighted by atomic mass is 9.65. The Hall–Kier alpha value is -0.180. The van der Waals surface area contributed by atoms with Crippen molar-refractivity contribution in [3.63, 3.8) is 0 Å². The van der Waals surface area contributed by atoms with E-state index in [2.05, 4.69) is 0 Å². The summed E-state index contributed by atoms with van der Waals surface area (Å²) in [4.78, 5) is 0. The van der Waals surface area contributed by atoms with E-state index in [0.717, 1.165) is 12.8 Å². The Morgan fingerprint density at radius 2 is 1.91 bits per heavy atom. The first kappa shape index (κ1) is 7.47. The van der Waals surface area contributed by atoms with E-state index >= 15 is 0 Å². The van der Waals surface area contributed by atoms with Crippen LogP contribution in [0.4, 0.5) is 8.78 Å². The fourth-order valence-electron chi connectivity index (χ4n) is 2.30. The van der Waals surface area contributed by atoms with Crippen LogP contribution < -0.4 is 0 Å². The zero-order valence-corrected chi connectivity index (χ0v) is 6.32. The Morgan fingerprint density at radius 3 is 2.09 bits per heavy atom. The van der Waals surface area contributed by atoms with E-state index in [1.54, 1.807) is 0 Å². The maximum atomic E-state index is 12.7. The van der Waals surface area contributed by atoms with Crippen LogP contribution in [0, 0.1) is 5.41 Å². The van der Waals surface area contributed by atoms with Gasteiger partial charge in [0.2, 0.25) is 5.92 Å². The van der Waals surface area contributed by atoms with Crippen molar-refractivity contribution in [1.29, 1.82) is 0 Å². The summed E-state index contributed by atoms with van der Waals surface area (Å²) in [5, 5.41) is 9.30. The van der Waals surface area contributed by atoms with E-state index in [1.165, 1.54) is 0 Å². The number of aliphatic hydroxyl groups excluding tert-OH is 1. The maximum absolute atomic E-state index is 12.7. The summed E-state index contributed by atoms with van der Waals surface area (Å²) in [6, 6.07) is 0. The molecule has 0 aliphatic heterocycles. The highest BCUT2D eigenvalue weighted by Crippen LogP contribution is 2.57. The third kappa shape index (κ3) is 0.975. The molecule has 2 rings (SSSR count). The molecule has 2 unspecified atom stereocenters. The highest BCUT2D eigenvalue weighted by Gasteiger charge is 2.56. The predicted molar refractivity (Wildman–Crippen MR) is 36.5 cm³/mol. The van der Waals surface area contributed by atoms with Gasteiger partial charge in [-0.3, -0.25) is 0 Å². The van der Waals surface area contributed by atoms with Crippen LogP contribution in [0.3, 0.4) is 0 Å². The minimum absolute atomic E-state index is 0.0237. The van der Waals surface area contributed by atoms with Crippen molar-refractivity contribution in [3.8, 4) is 0 Å². The number of rotatable bonds is 0. The number of alkyl halides is 2. The van der Waals surface area contributed by atoms with E-state index in [9.17, 15) is 13.9 Å². The monoisotopic (exact) mass is 162 g/mol. The first-order valence-electron chi connectivity index (χ1n) is 4.10. The van der Waals surface area contributed by atoms with E-state index in [0.29, 0.717) is 6.42 Å². The van der Waals surface area contributed by atoms with Crippen molar-refractivity contribution < 1.29 is 13.9 Å². The average Bonchev–Trinajstić information content (AvgIpc) is 2.26. The van der Waals surface area contributed by atoms with Crippen LogP contribution in [0.15, 0.2) is 0 Å². The number of hydrogen-bond donors (Lipinski definition) is 1. The van der Waals surface area contributed by atoms with Gasteiger partial charge < -0.3 is 5.11 Å². The summed E-state index contributed by atoms with van der Waals surface area (Å²) in [6.07, 6.45) is 1.47. The van der Waals surface area contributed by atoms with Crippen molar-refractivity contribution in [1.82, 2.24) is 0 Å². The van der Waals surface area contributed by atoms with Gasteiger partial charge in [-0.05, 0) is 19.3 Å². The lowest BCUT2D eigenvalue weighted by Crippen LogP contribution is -2.43. The zero-order valence-electron chi connectivity index (χ0n) is 6.32. The van der Waals surface area contributed by atoms with Crippen molar-refractivity contribution >= 4 is 0 Å². The third-order valence-corrected chi connectivity index (χ3v) is 3.22. The highest BCUT2D eigenvalue weighted by molar-refractivity contribution is 5.03. The molecule has 2 aliphatic carbocycles. The largest absolute Gasteiger partial charge is 0.393 e. The van der Waals surface area contributed by atoms with Crippen molar-refractivity contribution in [2.75, 3.05) is 0 Å². The molecule has 0 amide bonds. The smallest absolute Gasteiger partial charge is 0.248 e. The van der Waals surface area contributed by atoms with Gasteiger partial charge >= 0.3 is 0 Å². The molecular formula is C8H12F2O. The van der Waals surface area contributed by atoms with Gasteiger partial charge in [-0.1, -0.05) is 0 Å². The minimum Gasteiger partial charge on any atom is -0.393 e. The molecule has 11 heavy (non-hydrogen) atoms. The molecule has 0 aromatic carbocycles. The van der Waals surface area contributed by atoms with Gasteiger partial charge in [-0.2, -0.15) is 0 Å². The first-order chi connectivity index (χ1) is 5.04. The van der Waals surface area contributed by atoms with Crippen LogP contribution in [-0.2, 0) is 0 Å². The van der Waals surface area contributed by atoms with Crippen LogP contribution in [0.1, 0.15) is 32.1 Å². The summed E-state index contributed by atoms with van der Waals surface area (Å²) in [6.45, 7) is 0. The highest BCUT2D eigenvalue weighted by atomic mass is 19.3. The lowest BCUT2D eigenvalue weighted by molar-refractivity contribution is -0.0878. The summed E-state index contributed by atoms with van der Waals surface area (Å²) >= 11 is 0. The lowest BCUT2D eigenvalue weighted by Gasteiger charge is -2.43. The molecule has 2 atom stereocenters. The van der Waals surface area contributed by atoms with Crippen LogP contribution in [0.2, 0.25) is 0 Å². The van der Waals surface area contributed by atoms with Gasteiger partial charge in [-0.25, -0.2) is 8.78 Å². The number of halogens is 2. The van der Waals surface area contributed by atoms with Gasteiger partial charge in [0.1, 0.15) is 0 Å². The second-order valence-corrected chi connectivity index (χ2v) is 3.95. The summed E-state index contributed by atoms with van der Waals surface area (Å²) in [7, 11) is 0. The Labute approximate surface area is 64.4 Å². The third-order valence-electron chi connectivity index (χ3n) is 3.22. The van der Waals surface area contributed by atoms with Crippen LogP contribution in [0.25, 0.3) is 0 Å².